The largest absolute Gasteiger partial charge is 0.493 e. The Morgan fingerprint density at radius 1 is 0.971 bits per heavy atom. The minimum atomic E-state index is -0.313. The van der Waals surface area contributed by atoms with E-state index in [0.29, 0.717) is 23.2 Å². The third-order valence-corrected chi connectivity index (χ3v) is 4.96. The van der Waals surface area contributed by atoms with Crippen LogP contribution < -0.4 is 24.8 Å². The van der Waals surface area contributed by atoms with Gasteiger partial charge in [-0.3, -0.25) is 19.7 Å². The van der Waals surface area contributed by atoms with Crippen molar-refractivity contribution < 1.29 is 33.3 Å². The maximum absolute atomic E-state index is 12.5. The van der Waals surface area contributed by atoms with Crippen molar-refractivity contribution in [1.29, 1.82) is 0 Å². The van der Waals surface area contributed by atoms with E-state index in [9.17, 15) is 14.4 Å². The molecule has 0 radical (unpaired) electrons. The number of anilines is 2. The number of hydrogen-bond acceptors (Lipinski definition) is 9. The number of nitrogens with one attached hydrogen (secondary N) is 2. The van der Waals surface area contributed by atoms with Crippen LogP contribution in [0.15, 0.2) is 12.3 Å². The van der Waals surface area contributed by atoms with E-state index in [-0.39, 0.29) is 65.7 Å². The van der Waals surface area contributed by atoms with E-state index in [1.54, 1.807) is 33.8 Å². The normalized spacial score (nSPS) is 10.8. The zero-order valence-corrected chi connectivity index (χ0v) is 21.1. The van der Waals surface area contributed by atoms with Gasteiger partial charge in [0.2, 0.25) is 23.5 Å². The Hall–Kier alpha value is -3.73. The van der Waals surface area contributed by atoms with Crippen molar-refractivity contribution in [3.05, 3.63) is 29.0 Å². The fourth-order valence-corrected chi connectivity index (χ4v) is 2.99. The van der Waals surface area contributed by atoms with E-state index >= 15 is 0 Å². The third kappa shape index (κ3) is 6.89. The number of benzene rings is 1. The molecule has 35 heavy (non-hydrogen) atoms. The maximum atomic E-state index is 12.5. The van der Waals surface area contributed by atoms with Gasteiger partial charge in [0.1, 0.15) is 5.82 Å². The molecule has 2 amide bonds. The summed E-state index contributed by atoms with van der Waals surface area (Å²) in [4.78, 5) is 45.2. The number of amides is 2. The lowest BCUT2D eigenvalue weighted by Gasteiger charge is -2.19. The molecule has 0 unspecified atom stereocenters. The minimum absolute atomic E-state index is 0.0542. The Balaban J connectivity index is 2.60. The molecule has 190 valence electrons. The first-order valence-corrected chi connectivity index (χ1v) is 11.0. The minimum Gasteiger partial charge on any atom is -0.493 e. The molecule has 0 spiro atoms. The van der Waals surface area contributed by atoms with Gasteiger partial charge in [0, 0.05) is 37.1 Å². The smallest absolute Gasteiger partial charge is 0.231 e. The third-order valence-electron chi connectivity index (χ3n) is 4.96. The zero-order chi connectivity index (χ0) is 26.1. The maximum Gasteiger partial charge on any atom is 0.231 e. The molecule has 0 atom stereocenters. The van der Waals surface area contributed by atoms with Crippen molar-refractivity contribution in [2.45, 2.75) is 34.1 Å². The highest BCUT2D eigenvalue weighted by molar-refractivity contribution is 5.93. The standard InChI is InChI=1S/C24H32N4O7/c1-13(2)22(30)26-21-16(10-25-24(27-21)28-23(31)14(3)4)8-15-9-18(33-6)20(34-7)19(17(15)11-29)35-12-32-5/h9-11,13-14H,8,12H2,1-7H3,(H2,25,26,27,28,30,31). The number of nitrogens with zero attached hydrogens (tertiary/aromatic N) is 2. The van der Waals surface area contributed by atoms with Gasteiger partial charge in [0.25, 0.3) is 0 Å². The first-order valence-electron chi connectivity index (χ1n) is 11.0. The molecule has 2 rings (SSSR count). The highest BCUT2D eigenvalue weighted by Gasteiger charge is 2.23. The van der Waals surface area contributed by atoms with Crippen molar-refractivity contribution in [2.24, 2.45) is 11.8 Å². The number of methoxy groups -OCH3 is 3. The molecule has 0 aliphatic carbocycles. The van der Waals surface area contributed by atoms with Gasteiger partial charge < -0.3 is 24.3 Å². The average Bonchev–Trinajstić information content (AvgIpc) is 2.83. The number of carbonyl (C=O) groups excluding carboxylic acids is 3. The number of carbonyl (C=O) groups is 3. The van der Waals surface area contributed by atoms with Gasteiger partial charge in [0.05, 0.1) is 19.8 Å². The highest BCUT2D eigenvalue weighted by Crippen LogP contribution is 2.42. The first kappa shape index (κ1) is 27.5. The van der Waals surface area contributed by atoms with E-state index in [0.717, 1.165) is 0 Å². The molecule has 0 aliphatic rings. The van der Waals surface area contributed by atoms with Crippen LogP contribution in [0, 0.1) is 11.8 Å². The van der Waals surface area contributed by atoms with Crippen molar-refractivity contribution in [3.8, 4) is 17.2 Å². The molecule has 0 bridgehead atoms. The second-order valence-corrected chi connectivity index (χ2v) is 8.21. The van der Waals surface area contributed by atoms with E-state index in [4.69, 9.17) is 18.9 Å². The molecular formula is C24H32N4O7. The van der Waals surface area contributed by atoms with Crippen molar-refractivity contribution in [2.75, 3.05) is 38.8 Å². The van der Waals surface area contributed by atoms with Crippen LogP contribution in [0.1, 0.15) is 49.2 Å². The molecule has 0 saturated carbocycles. The topological polar surface area (TPSA) is 138 Å². The molecule has 0 fully saturated rings. The monoisotopic (exact) mass is 488 g/mol. The van der Waals surface area contributed by atoms with Crippen LogP contribution in [-0.4, -0.2) is 56.2 Å². The molecule has 2 aromatic rings. The lowest BCUT2D eigenvalue weighted by Crippen LogP contribution is -2.23. The molecule has 1 aromatic heterocycles. The molecular weight excluding hydrogens is 456 g/mol. The number of aromatic nitrogens is 2. The van der Waals surface area contributed by atoms with Crippen LogP contribution in [0.3, 0.4) is 0 Å². The summed E-state index contributed by atoms with van der Waals surface area (Å²) in [5, 5.41) is 5.40. The lowest BCUT2D eigenvalue weighted by atomic mass is 9.99. The van der Waals surface area contributed by atoms with E-state index in [1.807, 2.05) is 0 Å². The molecule has 2 N–H and O–H groups in total. The van der Waals surface area contributed by atoms with Crippen molar-refractivity contribution >= 4 is 29.9 Å². The highest BCUT2D eigenvalue weighted by atomic mass is 16.7. The van der Waals surface area contributed by atoms with Gasteiger partial charge in [-0.05, 0) is 11.6 Å². The van der Waals surface area contributed by atoms with Crippen molar-refractivity contribution in [1.82, 2.24) is 9.97 Å². The number of aldehydes is 1. The van der Waals surface area contributed by atoms with E-state index in [2.05, 4.69) is 20.6 Å². The summed E-state index contributed by atoms with van der Waals surface area (Å²) in [5.41, 5.74) is 1.25. The second-order valence-electron chi connectivity index (χ2n) is 8.21. The summed E-state index contributed by atoms with van der Waals surface area (Å²) in [6.07, 6.45) is 2.27. The Labute approximate surface area is 204 Å². The summed E-state index contributed by atoms with van der Waals surface area (Å²) in [5.74, 6) is -0.109. The van der Waals surface area contributed by atoms with Gasteiger partial charge in [-0.1, -0.05) is 27.7 Å². The fraction of sp³-hybridized carbons (Fsp3) is 0.458. The predicted molar refractivity (Wildman–Crippen MR) is 129 cm³/mol. The number of hydrogen-bond donors (Lipinski definition) is 2. The van der Waals surface area contributed by atoms with Crippen LogP contribution in [0.5, 0.6) is 17.2 Å². The Bertz CT molecular complexity index is 1070. The summed E-state index contributed by atoms with van der Waals surface area (Å²) in [6, 6.07) is 1.64. The first-order chi connectivity index (χ1) is 16.7. The predicted octanol–water partition coefficient (Wildman–Crippen LogP) is 3.07. The summed E-state index contributed by atoms with van der Waals surface area (Å²) in [6.45, 7) is 6.86. The van der Waals surface area contributed by atoms with E-state index < -0.39 is 0 Å². The molecule has 0 saturated heterocycles. The van der Waals surface area contributed by atoms with Crippen LogP contribution in [0.4, 0.5) is 11.8 Å². The fourth-order valence-electron chi connectivity index (χ4n) is 2.99. The Kier molecular flexibility index (Phi) is 9.95. The summed E-state index contributed by atoms with van der Waals surface area (Å²) in [7, 11) is 4.35. The van der Waals surface area contributed by atoms with Crippen LogP contribution in [-0.2, 0) is 20.7 Å². The zero-order valence-electron chi connectivity index (χ0n) is 21.1. The van der Waals surface area contributed by atoms with E-state index in [1.165, 1.54) is 27.5 Å². The quantitative estimate of drug-likeness (QED) is 0.341. The van der Waals surface area contributed by atoms with Crippen LogP contribution >= 0.6 is 0 Å². The molecule has 11 nitrogen and oxygen atoms in total. The van der Waals surface area contributed by atoms with Gasteiger partial charge in [-0.25, -0.2) is 4.98 Å². The Morgan fingerprint density at radius 2 is 1.63 bits per heavy atom. The lowest BCUT2D eigenvalue weighted by molar-refractivity contribution is -0.119. The molecule has 1 heterocycles. The van der Waals surface area contributed by atoms with Crippen LogP contribution in [0.2, 0.25) is 0 Å². The van der Waals surface area contributed by atoms with Crippen LogP contribution in [0.25, 0.3) is 0 Å². The Morgan fingerprint density at radius 3 is 2.17 bits per heavy atom. The van der Waals surface area contributed by atoms with Gasteiger partial charge >= 0.3 is 0 Å². The van der Waals surface area contributed by atoms with Gasteiger partial charge in [0.15, 0.2) is 24.6 Å². The van der Waals surface area contributed by atoms with Crippen molar-refractivity contribution in [3.63, 3.8) is 0 Å². The summed E-state index contributed by atoms with van der Waals surface area (Å²) < 4.78 is 21.4. The molecule has 0 aliphatic heterocycles. The summed E-state index contributed by atoms with van der Waals surface area (Å²) >= 11 is 0. The molecule has 1 aromatic carbocycles. The average molecular weight is 489 g/mol. The van der Waals surface area contributed by atoms with Gasteiger partial charge in [-0.15, -0.1) is 0 Å². The number of ether oxygens (including phenoxy) is 4. The number of rotatable bonds is 12. The SMILES string of the molecule is COCOc1c(C=O)c(Cc2cnc(NC(=O)C(C)C)nc2NC(=O)C(C)C)cc(OC)c1OC. The second kappa shape index (κ2) is 12.7. The van der Waals surface area contributed by atoms with Gasteiger partial charge in [-0.2, -0.15) is 4.98 Å². The molecule has 11 heteroatoms.